The number of hydrogen-bond donors (Lipinski definition) is 2. The Bertz CT molecular complexity index is 544. The van der Waals surface area contributed by atoms with E-state index in [0.717, 1.165) is 5.56 Å². The number of fused-ring (bicyclic) bond motifs is 1. The number of rotatable bonds is 3. The van der Waals surface area contributed by atoms with Crippen LogP contribution in [0, 0.1) is 0 Å². The van der Waals surface area contributed by atoms with Gasteiger partial charge in [0.2, 0.25) is 0 Å². The summed E-state index contributed by atoms with van der Waals surface area (Å²) in [6, 6.07) is 9.47. The van der Waals surface area contributed by atoms with Gasteiger partial charge in [-0.2, -0.15) is 0 Å². The molecule has 2 saturated heterocycles. The average Bonchev–Trinajstić information content (AvgIpc) is 2.57. The summed E-state index contributed by atoms with van der Waals surface area (Å²) in [5, 5.41) is 10.4. The maximum absolute atomic E-state index is 10.6. The molecule has 0 radical (unpaired) electrons. The van der Waals surface area contributed by atoms with Gasteiger partial charge in [0.05, 0.1) is 6.61 Å². The Morgan fingerprint density at radius 3 is 2.70 bits per heavy atom. The van der Waals surface area contributed by atoms with Crippen LogP contribution in [0.25, 0.3) is 0 Å². The molecule has 6 atom stereocenters. The van der Waals surface area contributed by atoms with Gasteiger partial charge in [-0.05, 0) is 12.2 Å². The van der Waals surface area contributed by atoms with Gasteiger partial charge in [-0.25, -0.2) is 0 Å². The summed E-state index contributed by atoms with van der Waals surface area (Å²) in [6.07, 6.45) is -4.39. The number of thiocarbonyl (C=S) groups is 1. The lowest BCUT2D eigenvalue weighted by atomic mass is 9.97. The fraction of sp³-hybridized carbons (Fsp3) is 0.533. The molecule has 8 heteroatoms. The van der Waals surface area contributed by atoms with Crippen molar-refractivity contribution in [2.45, 2.75) is 37.0 Å². The minimum Gasteiger partial charge on any atom is -0.460 e. The van der Waals surface area contributed by atoms with E-state index in [2.05, 4.69) is 0 Å². The van der Waals surface area contributed by atoms with Crippen molar-refractivity contribution in [2.75, 3.05) is 13.7 Å². The van der Waals surface area contributed by atoms with Gasteiger partial charge in [-0.3, -0.25) is 0 Å². The van der Waals surface area contributed by atoms with Crippen molar-refractivity contribution in [2.24, 2.45) is 5.73 Å². The first-order valence-electron chi connectivity index (χ1n) is 7.24. The molecule has 2 aliphatic rings. The van der Waals surface area contributed by atoms with Crippen LogP contribution in [0.15, 0.2) is 30.3 Å². The molecule has 126 valence electrons. The van der Waals surface area contributed by atoms with Crippen molar-refractivity contribution in [1.82, 2.24) is 0 Å². The van der Waals surface area contributed by atoms with E-state index in [1.54, 1.807) is 0 Å². The molecule has 0 saturated carbocycles. The summed E-state index contributed by atoms with van der Waals surface area (Å²) in [4.78, 5) is 0. The zero-order chi connectivity index (χ0) is 16.4. The number of hydrogen-bond acceptors (Lipinski definition) is 7. The highest BCUT2D eigenvalue weighted by atomic mass is 32.1. The molecule has 3 N–H and O–H groups in total. The van der Waals surface area contributed by atoms with Crippen LogP contribution >= 0.6 is 12.2 Å². The van der Waals surface area contributed by atoms with E-state index in [9.17, 15) is 5.11 Å². The molecule has 0 aliphatic carbocycles. The molecule has 2 fully saturated rings. The zero-order valence-corrected chi connectivity index (χ0v) is 13.3. The molecule has 1 aromatic rings. The van der Waals surface area contributed by atoms with E-state index in [0.29, 0.717) is 0 Å². The molecule has 3 rings (SSSR count). The molecular weight excluding hydrogens is 322 g/mol. The molecule has 0 bridgehead atoms. The second-order valence-electron chi connectivity index (χ2n) is 5.35. The standard InChI is InChI=1S/C15H19NO6S/c1-18-14-12(22-15(16)23)10(17)11-9(20-14)7-19-13(21-11)8-5-3-2-4-6-8/h2-6,9-14,17H,7H2,1H3,(H2,16,23). The van der Waals surface area contributed by atoms with Crippen LogP contribution in [0.5, 0.6) is 0 Å². The summed E-state index contributed by atoms with van der Waals surface area (Å²) < 4.78 is 27.8. The predicted molar refractivity (Wildman–Crippen MR) is 83.3 cm³/mol. The number of benzene rings is 1. The normalized spacial score (nSPS) is 37.0. The molecule has 0 spiro atoms. The molecule has 1 aromatic carbocycles. The van der Waals surface area contributed by atoms with E-state index < -0.39 is 37.0 Å². The Kier molecular flexibility index (Phi) is 5.10. The second-order valence-corrected chi connectivity index (χ2v) is 5.75. The summed E-state index contributed by atoms with van der Waals surface area (Å²) in [5.41, 5.74) is 6.27. The molecule has 2 aliphatic heterocycles. The van der Waals surface area contributed by atoms with Gasteiger partial charge in [0.25, 0.3) is 5.17 Å². The average molecular weight is 341 g/mol. The number of aliphatic hydroxyl groups excluding tert-OH is 1. The largest absolute Gasteiger partial charge is 0.460 e. The first-order valence-corrected chi connectivity index (χ1v) is 7.65. The Morgan fingerprint density at radius 1 is 1.30 bits per heavy atom. The van der Waals surface area contributed by atoms with Gasteiger partial charge in [-0.15, -0.1) is 0 Å². The Hall–Kier alpha value is -1.29. The van der Waals surface area contributed by atoms with Gasteiger partial charge in [-0.1, -0.05) is 30.3 Å². The van der Waals surface area contributed by atoms with Crippen LogP contribution in [0.1, 0.15) is 11.9 Å². The van der Waals surface area contributed by atoms with Gasteiger partial charge in [0.15, 0.2) is 18.7 Å². The molecule has 6 unspecified atom stereocenters. The van der Waals surface area contributed by atoms with Crippen molar-refractivity contribution >= 4 is 17.4 Å². The molecule has 7 nitrogen and oxygen atoms in total. The lowest BCUT2D eigenvalue weighted by molar-refractivity contribution is -0.356. The third-order valence-electron chi connectivity index (χ3n) is 3.87. The first-order chi connectivity index (χ1) is 11.1. The smallest absolute Gasteiger partial charge is 0.254 e. The van der Waals surface area contributed by atoms with Crippen molar-refractivity contribution in [3.63, 3.8) is 0 Å². The fourth-order valence-electron chi connectivity index (χ4n) is 2.80. The van der Waals surface area contributed by atoms with Crippen molar-refractivity contribution in [3.8, 4) is 0 Å². The summed E-state index contributed by atoms with van der Waals surface area (Å²) in [5.74, 6) is 0. The van der Waals surface area contributed by atoms with Crippen LogP contribution < -0.4 is 5.73 Å². The second kappa shape index (κ2) is 7.08. The lowest BCUT2D eigenvalue weighted by Gasteiger charge is -2.46. The summed E-state index contributed by atoms with van der Waals surface area (Å²) in [7, 11) is 1.45. The highest BCUT2D eigenvalue weighted by Crippen LogP contribution is 2.35. The van der Waals surface area contributed by atoms with Crippen LogP contribution in [0.2, 0.25) is 0 Å². The maximum atomic E-state index is 10.6. The van der Waals surface area contributed by atoms with Gasteiger partial charge in [0, 0.05) is 12.7 Å². The highest BCUT2D eigenvalue weighted by molar-refractivity contribution is 7.80. The van der Waals surface area contributed by atoms with Crippen molar-refractivity contribution in [1.29, 1.82) is 0 Å². The molecule has 2 heterocycles. The Labute approximate surface area is 139 Å². The van der Waals surface area contributed by atoms with Gasteiger partial charge < -0.3 is 34.5 Å². The summed E-state index contributed by atoms with van der Waals surface area (Å²) in [6.45, 7) is 0.265. The molecule has 23 heavy (non-hydrogen) atoms. The van der Waals surface area contributed by atoms with E-state index in [-0.39, 0.29) is 11.8 Å². The quantitative estimate of drug-likeness (QED) is 0.766. The van der Waals surface area contributed by atoms with Crippen molar-refractivity contribution < 1.29 is 28.8 Å². The third-order valence-corrected chi connectivity index (χ3v) is 3.96. The number of methoxy groups -OCH3 is 1. The van der Waals surface area contributed by atoms with Crippen LogP contribution in [0.4, 0.5) is 0 Å². The minimum absolute atomic E-state index is 0.190. The third kappa shape index (κ3) is 3.47. The first kappa shape index (κ1) is 16.6. The zero-order valence-electron chi connectivity index (χ0n) is 12.5. The maximum Gasteiger partial charge on any atom is 0.254 e. The topological polar surface area (TPSA) is 92.4 Å². The number of nitrogens with two attached hydrogens (primary N) is 1. The van der Waals surface area contributed by atoms with Crippen molar-refractivity contribution in [3.05, 3.63) is 35.9 Å². The number of aliphatic hydroxyl groups is 1. The SMILES string of the molecule is COC1OC2COC(c3ccccc3)OC2C(O)C1OC(N)=S. The summed E-state index contributed by atoms with van der Waals surface area (Å²) >= 11 is 4.74. The van der Waals surface area contributed by atoms with E-state index >= 15 is 0 Å². The monoisotopic (exact) mass is 341 g/mol. The Balaban J connectivity index is 1.76. The van der Waals surface area contributed by atoms with E-state index in [1.807, 2.05) is 30.3 Å². The molecular formula is C15H19NO6S. The minimum atomic E-state index is -1.02. The lowest BCUT2D eigenvalue weighted by Crippen LogP contribution is -2.63. The van der Waals surface area contributed by atoms with Crippen LogP contribution in [0.3, 0.4) is 0 Å². The Morgan fingerprint density at radius 2 is 2.04 bits per heavy atom. The number of ether oxygens (including phenoxy) is 5. The van der Waals surface area contributed by atoms with Crippen LogP contribution in [-0.4, -0.2) is 54.7 Å². The van der Waals surface area contributed by atoms with Gasteiger partial charge in [0.1, 0.15) is 18.3 Å². The molecule has 0 amide bonds. The molecule has 0 aromatic heterocycles. The highest BCUT2D eigenvalue weighted by Gasteiger charge is 2.51. The fourth-order valence-corrected chi connectivity index (χ4v) is 2.91. The predicted octanol–water partition coefficient (Wildman–Crippen LogP) is 0.462. The van der Waals surface area contributed by atoms with E-state index in [4.69, 9.17) is 41.6 Å². The van der Waals surface area contributed by atoms with E-state index in [1.165, 1.54) is 7.11 Å². The van der Waals surface area contributed by atoms with Gasteiger partial charge >= 0.3 is 0 Å². The van der Waals surface area contributed by atoms with Crippen LogP contribution in [-0.2, 0) is 23.7 Å².